The molecule has 2 aromatic rings. The van der Waals surface area contributed by atoms with Crippen molar-refractivity contribution >= 4 is 10.8 Å². The molecule has 3 nitrogen and oxygen atoms in total. The lowest BCUT2D eigenvalue weighted by Crippen LogP contribution is -1.79. The van der Waals surface area contributed by atoms with E-state index in [0.717, 1.165) is 10.8 Å². The lowest BCUT2D eigenvalue weighted by molar-refractivity contribution is 0.481. The van der Waals surface area contributed by atoms with Gasteiger partial charge in [-0.1, -0.05) is 12.1 Å². The Hall–Kier alpha value is -1.64. The molecule has 0 spiro atoms. The summed E-state index contributed by atoms with van der Waals surface area (Å²) >= 11 is 0. The zero-order chi connectivity index (χ0) is 7.68. The summed E-state index contributed by atoms with van der Waals surface area (Å²) < 4.78 is 0. The average molecular weight is 146 g/mol. The van der Waals surface area contributed by atoms with Gasteiger partial charge in [0, 0.05) is 10.8 Å². The van der Waals surface area contributed by atoms with Gasteiger partial charge in [-0.25, -0.2) is 0 Å². The van der Waals surface area contributed by atoms with Gasteiger partial charge in [0.1, 0.15) is 5.75 Å². The summed E-state index contributed by atoms with van der Waals surface area (Å²) in [4.78, 5) is 0. The number of hydrogen-bond acceptors (Lipinski definition) is 3. The molecule has 0 radical (unpaired) electrons. The molecular weight excluding hydrogens is 140 g/mol. The predicted octanol–water partition coefficient (Wildman–Crippen LogP) is 1.34. The minimum atomic E-state index is 0.248. The normalized spacial score (nSPS) is 10.2. The van der Waals surface area contributed by atoms with Crippen LogP contribution in [0.5, 0.6) is 5.75 Å². The van der Waals surface area contributed by atoms with Crippen LogP contribution in [0, 0.1) is 0 Å². The summed E-state index contributed by atoms with van der Waals surface area (Å²) in [5.41, 5.74) is 0. The molecule has 0 fully saturated rings. The van der Waals surface area contributed by atoms with Gasteiger partial charge in [-0.2, -0.15) is 10.2 Å². The number of aromatic hydroxyl groups is 1. The smallest absolute Gasteiger partial charge is 0.125 e. The van der Waals surface area contributed by atoms with Crippen LogP contribution in [0.3, 0.4) is 0 Å². The Labute approximate surface area is 63.3 Å². The van der Waals surface area contributed by atoms with Gasteiger partial charge in [0.25, 0.3) is 0 Å². The molecule has 1 aromatic heterocycles. The number of fused-ring (bicyclic) bond motifs is 1. The van der Waals surface area contributed by atoms with E-state index in [9.17, 15) is 5.11 Å². The third kappa shape index (κ3) is 0.902. The number of nitrogens with zero attached hydrogens (tertiary/aromatic N) is 2. The average Bonchev–Trinajstić information content (AvgIpc) is 2.06. The second kappa shape index (κ2) is 2.20. The fourth-order valence-corrected chi connectivity index (χ4v) is 1.01. The van der Waals surface area contributed by atoms with E-state index in [0.29, 0.717) is 0 Å². The largest absolute Gasteiger partial charge is 0.507 e. The maximum absolute atomic E-state index is 9.30. The maximum atomic E-state index is 9.30. The molecule has 0 aliphatic heterocycles. The Morgan fingerprint density at radius 3 is 2.73 bits per heavy atom. The van der Waals surface area contributed by atoms with Gasteiger partial charge >= 0.3 is 0 Å². The first-order valence-corrected chi connectivity index (χ1v) is 3.26. The fraction of sp³-hybridized carbons (Fsp3) is 0. The first-order chi connectivity index (χ1) is 5.38. The van der Waals surface area contributed by atoms with E-state index in [1.54, 1.807) is 24.5 Å². The molecule has 0 saturated heterocycles. The van der Waals surface area contributed by atoms with Gasteiger partial charge in [0.15, 0.2) is 0 Å². The second-order valence-electron chi connectivity index (χ2n) is 2.27. The SMILES string of the molecule is Oc1cccc2cnncc12. The molecular formula is C8H6N2O. The van der Waals surface area contributed by atoms with Crippen LogP contribution in [-0.2, 0) is 0 Å². The molecule has 1 N–H and O–H groups in total. The number of benzene rings is 1. The highest BCUT2D eigenvalue weighted by Crippen LogP contribution is 2.21. The van der Waals surface area contributed by atoms with Crippen molar-refractivity contribution in [3.05, 3.63) is 30.6 Å². The van der Waals surface area contributed by atoms with E-state index < -0.39 is 0 Å². The van der Waals surface area contributed by atoms with Crippen molar-refractivity contribution in [2.45, 2.75) is 0 Å². The molecule has 2 rings (SSSR count). The van der Waals surface area contributed by atoms with Gasteiger partial charge in [0.2, 0.25) is 0 Å². The molecule has 3 heteroatoms. The monoisotopic (exact) mass is 146 g/mol. The molecule has 11 heavy (non-hydrogen) atoms. The topological polar surface area (TPSA) is 46.0 Å². The van der Waals surface area contributed by atoms with Gasteiger partial charge in [-0.15, -0.1) is 0 Å². The van der Waals surface area contributed by atoms with Crippen LogP contribution < -0.4 is 0 Å². The van der Waals surface area contributed by atoms with Crippen LogP contribution in [0.1, 0.15) is 0 Å². The summed E-state index contributed by atoms with van der Waals surface area (Å²) in [6.45, 7) is 0. The van der Waals surface area contributed by atoms with Crippen molar-refractivity contribution in [1.29, 1.82) is 0 Å². The van der Waals surface area contributed by atoms with Crippen molar-refractivity contribution < 1.29 is 5.11 Å². The second-order valence-corrected chi connectivity index (χ2v) is 2.27. The molecule has 1 aromatic carbocycles. The van der Waals surface area contributed by atoms with Crippen LogP contribution in [0.25, 0.3) is 10.8 Å². The standard InChI is InChI=1S/C8H6N2O/c11-8-3-1-2-6-4-9-10-5-7(6)8/h1-5,11H. The highest BCUT2D eigenvalue weighted by Gasteiger charge is 1.96. The van der Waals surface area contributed by atoms with Gasteiger partial charge in [0.05, 0.1) is 12.4 Å². The quantitative estimate of drug-likeness (QED) is 0.610. The van der Waals surface area contributed by atoms with Crippen molar-refractivity contribution in [2.75, 3.05) is 0 Å². The van der Waals surface area contributed by atoms with E-state index in [-0.39, 0.29) is 5.75 Å². The number of phenols is 1. The minimum absolute atomic E-state index is 0.248. The van der Waals surface area contributed by atoms with Gasteiger partial charge in [-0.3, -0.25) is 0 Å². The highest BCUT2D eigenvalue weighted by atomic mass is 16.3. The summed E-state index contributed by atoms with van der Waals surface area (Å²) in [5.74, 6) is 0.248. The lowest BCUT2D eigenvalue weighted by atomic mass is 10.2. The predicted molar refractivity (Wildman–Crippen MR) is 41.2 cm³/mol. The lowest BCUT2D eigenvalue weighted by Gasteiger charge is -1.96. The summed E-state index contributed by atoms with van der Waals surface area (Å²) in [7, 11) is 0. The molecule has 0 bridgehead atoms. The maximum Gasteiger partial charge on any atom is 0.125 e. The van der Waals surface area contributed by atoms with Crippen LogP contribution in [-0.4, -0.2) is 15.3 Å². The zero-order valence-electron chi connectivity index (χ0n) is 5.73. The minimum Gasteiger partial charge on any atom is -0.507 e. The van der Waals surface area contributed by atoms with Crippen LogP contribution >= 0.6 is 0 Å². The number of rotatable bonds is 0. The van der Waals surface area contributed by atoms with Gasteiger partial charge < -0.3 is 5.11 Å². The van der Waals surface area contributed by atoms with Crippen LogP contribution in [0.2, 0.25) is 0 Å². The molecule has 0 unspecified atom stereocenters. The third-order valence-corrected chi connectivity index (χ3v) is 1.57. The molecule has 1 heterocycles. The van der Waals surface area contributed by atoms with E-state index in [1.807, 2.05) is 6.07 Å². The Kier molecular flexibility index (Phi) is 1.22. The van der Waals surface area contributed by atoms with Crippen molar-refractivity contribution in [3.8, 4) is 5.75 Å². The fourth-order valence-electron chi connectivity index (χ4n) is 1.01. The summed E-state index contributed by atoms with van der Waals surface area (Å²) in [6, 6.07) is 5.28. The first-order valence-electron chi connectivity index (χ1n) is 3.26. The van der Waals surface area contributed by atoms with Crippen molar-refractivity contribution in [1.82, 2.24) is 10.2 Å². The highest BCUT2D eigenvalue weighted by molar-refractivity contribution is 5.86. The van der Waals surface area contributed by atoms with Crippen LogP contribution in [0.4, 0.5) is 0 Å². The number of hydrogen-bond donors (Lipinski definition) is 1. The number of phenolic OH excluding ortho intramolecular Hbond substituents is 1. The zero-order valence-corrected chi connectivity index (χ0v) is 5.73. The van der Waals surface area contributed by atoms with E-state index >= 15 is 0 Å². The van der Waals surface area contributed by atoms with E-state index in [1.165, 1.54) is 0 Å². The van der Waals surface area contributed by atoms with Crippen molar-refractivity contribution in [3.63, 3.8) is 0 Å². The summed E-state index contributed by atoms with van der Waals surface area (Å²) in [6.07, 6.45) is 3.17. The Balaban J connectivity index is 2.91. The first kappa shape index (κ1) is 6.09. The molecule has 0 atom stereocenters. The molecule has 0 amide bonds. The van der Waals surface area contributed by atoms with Crippen molar-refractivity contribution in [2.24, 2.45) is 0 Å². The molecule has 0 aliphatic carbocycles. The molecule has 0 aliphatic rings. The van der Waals surface area contributed by atoms with E-state index in [4.69, 9.17) is 0 Å². The number of aromatic nitrogens is 2. The molecule has 54 valence electrons. The van der Waals surface area contributed by atoms with Crippen LogP contribution in [0.15, 0.2) is 30.6 Å². The van der Waals surface area contributed by atoms with Gasteiger partial charge in [-0.05, 0) is 6.07 Å². The Morgan fingerprint density at radius 2 is 1.91 bits per heavy atom. The Morgan fingerprint density at radius 1 is 1.09 bits per heavy atom. The molecule has 0 saturated carbocycles. The summed E-state index contributed by atoms with van der Waals surface area (Å²) in [5, 5.41) is 18.3. The third-order valence-electron chi connectivity index (χ3n) is 1.57. The van der Waals surface area contributed by atoms with E-state index in [2.05, 4.69) is 10.2 Å². The Bertz CT molecular complexity index is 381.